The number of nitrogens with one attached hydrogen (secondary N) is 1. The maximum atomic E-state index is 13.0. The maximum Gasteiger partial charge on any atom is 0.305 e. The first-order chi connectivity index (χ1) is 47.2. The summed E-state index contributed by atoms with van der Waals surface area (Å²) in [6, 6.07) is -0.825. The van der Waals surface area contributed by atoms with E-state index in [1.54, 1.807) is 6.08 Å². The molecule has 560 valence electrons. The Labute approximate surface area is 591 Å². The number of esters is 1. The van der Waals surface area contributed by atoms with E-state index in [-0.39, 0.29) is 18.5 Å². The van der Waals surface area contributed by atoms with Crippen molar-refractivity contribution in [2.24, 2.45) is 0 Å². The Morgan fingerprint density at radius 3 is 1.11 bits per heavy atom. The standard InChI is InChI=1S/C85H155NO10/c1-3-5-7-9-11-13-15-16-17-18-40-44-47-50-53-57-61-65-69-73-81(90)94-74-70-66-62-58-54-51-48-45-42-39-37-35-33-31-29-27-25-23-21-19-20-22-24-26-28-30-32-34-36-38-41-43-46-49-52-56-60-64-68-72-80(89)86-77(76-95-85-84(93)83(92)82(91)79(75-87)96-85)78(88)71-67-63-59-55-14-12-10-8-6-4-2/h11,13-14,16-17,19-20,23,25,55,67,71,77-79,82-85,87-88,91-93H,3-10,12,15,18,21-22,24,26-54,56-66,68-70,72-76H2,1-2H3,(H,86,89)/b13-11-,17-16-,20-19-,25-23-,55-14+,71-67+. The van der Waals surface area contributed by atoms with Gasteiger partial charge in [-0.25, -0.2) is 0 Å². The molecule has 1 aliphatic heterocycles. The molecule has 96 heavy (non-hydrogen) atoms. The first-order valence-electron chi connectivity index (χ1n) is 41.2. The monoisotopic (exact) mass is 1350 g/mol. The molecule has 0 saturated carbocycles. The average molecular weight is 1350 g/mol. The van der Waals surface area contributed by atoms with E-state index in [2.05, 4.69) is 79.9 Å². The second-order valence-corrected chi connectivity index (χ2v) is 28.5. The number of hydrogen-bond donors (Lipinski definition) is 6. The van der Waals surface area contributed by atoms with E-state index >= 15 is 0 Å². The van der Waals surface area contributed by atoms with Crippen molar-refractivity contribution in [2.75, 3.05) is 19.8 Å². The van der Waals surface area contributed by atoms with Crippen molar-refractivity contribution in [1.29, 1.82) is 0 Å². The highest BCUT2D eigenvalue weighted by atomic mass is 16.7. The summed E-state index contributed by atoms with van der Waals surface area (Å²) in [5, 5.41) is 54.4. The molecule has 1 heterocycles. The van der Waals surface area contributed by atoms with Gasteiger partial charge in [-0.15, -0.1) is 0 Å². The summed E-state index contributed by atoms with van der Waals surface area (Å²) in [4.78, 5) is 25.2. The van der Waals surface area contributed by atoms with Crippen molar-refractivity contribution >= 4 is 11.9 Å². The predicted molar refractivity (Wildman–Crippen MR) is 407 cm³/mol. The summed E-state index contributed by atoms with van der Waals surface area (Å²) >= 11 is 0. The predicted octanol–water partition coefficient (Wildman–Crippen LogP) is 22.6. The minimum absolute atomic E-state index is 0.0107. The van der Waals surface area contributed by atoms with Crippen molar-refractivity contribution in [3.8, 4) is 0 Å². The van der Waals surface area contributed by atoms with Crippen molar-refractivity contribution < 1.29 is 49.3 Å². The van der Waals surface area contributed by atoms with Crippen LogP contribution in [0.4, 0.5) is 0 Å². The number of carbonyl (C=O) groups is 2. The van der Waals surface area contributed by atoms with E-state index < -0.39 is 49.5 Å². The van der Waals surface area contributed by atoms with Gasteiger partial charge in [-0.05, 0) is 109 Å². The fraction of sp³-hybridized carbons (Fsp3) is 0.835. The van der Waals surface area contributed by atoms with Gasteiger partial charge in [-0.1, -0.05) is 344 Å². The molecule has 6 N–H and O–H groups in total. The highest BCUT2D eigenvalue weighted by molar-refractivity contribution is 5.76. The van der Waals surface area contributed by atoms with Gasteiger partial charge >= 0.3 is 5.97 Å². The van der Waals surface area contributed by atoms with Crippen LogP contribution in [0.15, 0.2) is 72.9 Å². The van der Waals surface area contributed by atoms with Gasteiger partial charge in [0.15, 0.2) is 6.29 Å². The molecular weight excluding hydrogens is 1190 g/mol. The van der Waals surface area contributed by atoms with Gasteiger partial charge in [0.2, 0.25) is 5.91 Å². The Hall–Kier alpha value is -2.90. The zero-order chi connectivity index (χ0) is 69.4. The third-order valence-electron chi connectivity index (χ3n) is 19.3. The number of allylic oxidation sites excluding steroid dienone is 11. The van der Waals surface area contributed by atoms with E-state index in [0.717, 1.165) is 70.6 Å². The second-order valence-electron chi connectivity index (χ2n) is 28.5. The zero-order valence-corrected chi connectivity index (χ0v) is 62.6. The largest absolute Gasteiger partial charge is 0.466 e. The van der Waals surface area contributed by atoms with Crippen LogP contribution in [-0.4, -0.2) is 100 Å². The maximum absolute atomic E-state index is 13.0. The highest BCUT2D eigenvalue weighted by Gasteiger charge is 2.44. The first kappa shape index (κ1) is 91.1. The number of amides is 1. The molecule has 7 atom stereocenters. The van der Waals surface area contributed by atoms with Gasteiger partial charge in [-0.3, -0.25) is 9.59 Å². The summed E-state index contributed by atoms with van der Waals surface area (Å²) < 4.78 is 16.7. The molecule has 11 heteroatoms. The van der Waals surface area contributed by atoms with Crippen LogP contribution < -0.4 is 5.32 Å². The van der Waals surface area contributed by atoms with Crippen molar-refractivity contribution in [1.82, 2.24) is 5.32 Å². The summed E-state index contributed by atoms with van der Waals surface area (Å²) in [6.07, 6.45) is 91.1. The van der Waals surface area contributed by atoms with Crippen LogP contribution in [0, 0.1) is 0 Å². The molecule has 1 fully saturated rings. The van der Waals surface area contributed by atoms with Crippen LogP contribution in [0.2, 0.25) is 0 Å². The van der Waals surface area contributed by atoms with Crippen LogP contribution in [0.1, 0.15) is 393 Å². The van der Waals surface area contributed by atoms with Crippen molar-refractivity contribution in [2.45, 2.75) is 436 Å². The first-order valence-corrected chi connectivity index (χ1v) is 41.2. The minimum atomic E-state index is -1.58. The molecule has 1 rings (SSSR count). The van der Waals surface area contributed by atoms with Crippen LogP contribution in [0.3, 0.4) is 0 Å². The van der Waals surface area contributed by atoms with E-state index in [0.29, 0.717) is 19.4 Å². The number of ether oxygens (including phenoxy) is 3. The lowest BCUT2D eigenvalue weighted by Crippen LogP contribution is -2.60. The van der Waals surface area contributed by atoms with Gasteiger partial charge in [0.1, 0.15) is 24.4 Å². The van der Waals surface area contributed by atoms with Gasteiger partial charge in [0.25, 0.3) is 0 Å². The molecular formula is C85H155NO10. The average Bonchev–Trinajstić information content (AvgIpc) is 0.836. The number of hydrogen-bond acceptors (Lipinski definition) is 10. The van der Waals surface area contributed by atoms with Crippen molar-refractivity contribution in [3.63, 3.8) is 0 Å². The van der Waals surface area contributed by atoms with Gasteiger partial charge < -0.3 is 45.1 Å². The SMILES string of the molecule is CCCCC/C=C\C/C=C\CCCCCCCCCCCC(=O)OCCCCCCCCCCCCCCCCC/C=C\C/C=C\CCCCCCCCCCCCCCCCCCCC(=O)NC(COC1OC(CO)C(O)C(O)C1O)C(O)/C=C/CC/C=C/CCCCCC. The molecule has 7 unspecified atom stereocenters. The lowest BCUT2D eigenvalue weighted by molar-refractivity contribution is -0.302. The van der Waals surface area contributed by atoms with Gasteiger partial charge in [0, 0.05) is 12.8 Å². The topological polar surface area (TPSA) is 175 Å². The van der Waals surface area contributed by atoms with Crippen molar-refractivity contribution in [3.05, 3.63) is 72.9 Å². The van der Waals surface area contributed by atoms with Gasteiger partial charge in [-0.2, -0.15) is 0 Å². The fourth-order valence-corrected chi connectivity index (χ4v) is 12.8. The molecule has 0 aromatic rings. The molecule has 0 bridgehead atoms. The van der Waals surface area contributed by atoms with Crippen LogP contribution in [-0.2, 0) is 23.8 Å². The Balaban J connectivity index is 1.86. The molecule has 1 aliphatic rings. The number of carbonyl (C=O) groups excluding carboxylic acids is 2. The fourth-order valence-electron chi connectivity index (χ4n) is 12.8. The lowest BCUT2D eigenvalue weighted by atomic mass is 9.99. The molecule has 0 aromatic heterocycles. The number of aliphatic hydroxyl groups is 5. The number of aliphatic hydroxyl groups excluding tert-OH is 5. The minimum Gasteiger partial charge on any atom is -0.466 e. The molecule has 0 aliphatic carbocycles. The van der Waals surface area contributed by atoms with E-state index in [1.807, 2.05) is 6.08 Å². The molecule has 11 nitrogen and oxygen atoms in total. The Morgan fingerprint density at radius 2 is 0.708 bits per heavy atom. The highest BCUT2D eigenvalue weighted by Crippen LogP contribution is 2.24. The summed E-state index contributed by atoms with van der Waals surface area (Å²) in [5.74, 6) is -0.179. The molecule has 0 aromatic carbocycles. The van der Waals surface area contributed by atoms with Crippen LogP contribution in [0.5, 0.6) is 0 Å². The molecule has 1 amide bonds. The molecule has 0 spiro atoms. The molecule has 0 radical (unpaired) electrons. The van der Waals surface area contributed by atoms with Crippen LogP contribution in [0.25, 0.3) is 0 Å². The summed E-state index contributed by atoms with van der Waals surface area (Å²) in [7, 11) is 0. The summed E-state index contributed by atoms with van der Waals surface area (Å²) in [5.41, 5.74) is 0. The Bertz CT molecular complexity index is 1830. The van der Waals surface area contributed by atoms with Crippen LogP contribution >= 0.6 is 0 Å². The zero-order valence-electron chi connectivity index (χ0n) is 62.6. The van der Waals surface area contributed by atoms with E-state index in [4.69, 9.17) is 14.2 Å². The normalized spacial score (nSPS) is 17.7. The lowest BCUT2D eigenvalue weighted by Gasteiger charge is -2.40. The third-order valence-corrected chi connectivity index (χ3v) is 19.3. The third kappa shape index (κ3) is 61.0. The quantitative estimate of drug-likeness (QED) is 0.0195. The van der Waals surface area contributed by atoms with E-state index in [9.17, 15) is 35.1 Å². The summed E-state index contributed by atoms with van der Waals surface area (Å²) in [6.45, 7) is 4.30. The smallest absolute Gasteiger partial charge is 0.305 e. The Kier molecular flexibility index (Phi) is 69.6. The second kappa shape index (κ2) is 73.3. The number of unbranched alkanes of at least 4 members (excludes halogenated alkanes) is 49. The Morgan fingerprint density at radius 1 is 0.385 bits per heavy atom. The van der Waals surface area contributed by atoms with Gasteiger partial charge in [0.05, 0.1) is 32.0 Å². The molecule has 1 saturated heterocycles. The van der Waals surface area contributed by atoms with E-state index in [1.165, 1.54) is 295 Å². The number of rotatable bonds is 73.